The van der Waals surface area contributed by atoms with Crippen LogP contribution in [-0.4, -0.2) is 0 Å². The molecule has 0 amide bonds. The molecule has 1 aromatic heterocycles. The molecular formula is C12H10N2O. The van der Waals surface area contributed by atoms with Gasteiger partial charge in [0, 0.05) is 10.8 Å². The molecule has 0 atom stereocenters. The number of para-hydroxylation sites is 1. The highest BCUT2D eigenvalue weighted by Crippen LogP contribution is 2.34. The zero-order chi connectivity index (χ0) is 10.4. The minimum atomic E-state index is 0.517. The second-order valence-electron chi connectivity index (χ2n) is 3.54. The number of benzene rings is 2. The summed E-state index contributed by atoms with van der Waals surface area (Å²) in [7, 11) is 0. The van der Waals surface area contributed by atoms with Gasteiger partial charge in [-0.05, 0) is 18.2 Å². The molecule has 3 aromatic rings. The molecule has 3 rings (SSSR count). The van der Waals surface area contributed by atoms with Crippen LogP contribution in [0.4, 0.5) is 11.4 Å². The number of nitrogens with two attached hydrogens (primary N) is 2. The van der Waals surface area contributed by atoms with Crippen molar-refractivity contribution >= 4 is 33.3 Å². The first kappa shape index (κ1) is 8.17. The fourth-order valence-electron chi connectivity index (χ4n) is 1.82. The Balaban J connectivity index is 2.60. The van der Waals surface area contributed by atoms with E-state index in [9.17, 15) is 0 Å². The molecule has 0 spiro atoms. The molecule has 0 fully saturated rings. The van der Waals surface area contributed by atoms with Crippen LogP contribution in [0.5, 0.6) is 0 Å². The average molecular weight is 198 g/mol. The number of nitrogen functional groups attached to an aromatic ring is 2. The van der Waals surface area contributed by atoms with E-state index in [-0.39, 0.29) is 0 Å². The molecule has 0 aliphatic rings. The van der Waals surface area contributed by atoms with Gasteiger partial charge >= 0.3 is 0 Å². The van der Waals surface area contributed by atoms with Crippen LogP contribution in [-0.2, 0) is 0 Å². The van der Waals surface area contributed by atoms with Crippen molar-refractivity contribution in [2.24, 2.45) is 0 Å². The van der Waals surface area contributed by atoms with Crippen LogP contribution in [0.3, 0.4) is 0 Å². The van der Waals surface area contributed by atoms with Crippen molar-refractivity contribution in [2.75, 3.05) is 11.5 Å². The minimum absolute atomic E-state index is 0.517. The monoisotopic (exact) mass is 198 g/mol. The first-order valence-electron chi connectivity index (χ1n) is 4.72. The normalized spacial score (nSPS) is 11.2. The third-order valence-electron chi connectivity index (χ3n) is 2.62. The number of fused-ring (bicyclic) bond motifs is 3. The Labute approximate surface area is 86.3 Å². The van der Waals surface area contributed by atoms with E-state index < -0.39 is 0 Å². The summed E-state index contributed by atoms with van der Waals surface area (Å²) in [5, 5.41) is 2.08. The zero-order valence-electron chi connectivity index (χ0n) is 8.03. The standard InChI is InChI=1S/C12H10N2O/c13-9-6-5-8-7-3-1-2-4-10(7)15-12(8)11(9)14/h1-6H,13-14H2. The Morgan fingerprint density at radius 3 is 2.53 bits per heavy atom. The zero-order valence-corrected chi connectivity index (χ0v) is 8.03. The first-order valence-corrected chi connectivity index (χ1v) is 4.72. The predicted molar refractivity (Wildman–Crippen MR) is 62.5 cm³/mol. The third-order valence-corrected chi connectivity index (χ3v) is 2.62. The Bertz CT molecular complexity index is 655. The van der Waals surface area contributed by atoms with Crippen molar-refractivity contribution in [2.45, 2.75) is 0 Å². The molecule has 0 aliphatic carbocycles. The van der Waals surface area contributed by atoms with Gasteiger partial charge in [-0.3, -0.25) is 0 Å². The van der Waals surface area contributed by atoms with E-state index in [0.29, 0.717) is 17.0 Å². The van der Waals surface area contributed by atoms with Gasteiger partial charge in [-0.25, -0.2) is 0 Å². The van der Waals surface area contributed by atoms with Crippen LogP contribution < -0.4 is 11.5 Å². The summed E-state index contributed by atoms with van der Waals surface area (Å²) in [5.41, 5.74) is 14.2. The number of hydrogen-bond acceptors (Lipinski definition) is 3. The summed E-state index contributed by atoms with van der Waals surface area (Å²) in [6, 6.07) is 11.6. The van der Waals surface area contributed by atoms with Gasteiger partial charge in [-0.2, -0.15) is 0 Å². The molecule has 4 N–H and O–H groups in total. The van der Waals surface area contributed by atoms with Gasteiger partial charge in [-0.15, -0.1) is 0 Å². The molecule has 2 aromatic carbocycles. The lowest BCUT2D eigenvalue weighted by molar-refractivity contribution is 0.670. The van der Waals surface area contributed by atoms with Crippen molar-refractivity contribution in [3.63, 3.8) is 0 Å². The Hall–Kier alpha value is -2.16. The van der Waals surface area contributed by atoms with Crippen LogP contribution in [0, 0.1) is 0 Å². The summed E-state index contributed by atoms with van der Waals surface area (Å²) in [4.78, 5) is 0. The molecule has 0 saturated heterocycles. The van der Waals surface area contributed by atoms with Crippen LogP contribution in [0.1, 0.15) is 0 Å². The van der Waals surface area contributed by atoms with E-state index in [4.69, 9.17) is 15.9 Å². The van der Waals surface area contributed by atoms with Gasteiger partial charge in [0.1, 0.15) is 5.58 Å². The summed E-state index contributed by atoms with van der Waals surface area (Å²) in [6.45, 7) is 0. The van der Waals surface area contributed by atoms with E-state index in [1.54, 1.807) is 6.07 Å². The highest BCUT2D eigenvalue weighted by molar-refractivity contribution is 6.10. The molecule has 0 unspecified atom stereocenters. The SMILES string of the molecule is Nc1ccc2c(oc3ccccc32)c1N. The summed E-state index contributed by atoms with van der Waals surface area (Å²) >= 11 is 0. The van der Waals surface area contributed by atoms with Gasteiger partial charge in [-0.1, -0.05) is 18.2 Å². The predicted octanol–water partition coefficient (Wildman–Crippen LogP) is 2.75. The quantitative estimate of drug-likeness (QED) is 0.546. The number of hydrogen-bond donors (Lipinski definition) is 2. The lowest BCUT2D eigenvalue weighted by Crippen LogP contribution is -1.93. The molecule has 0 radical (unpaired) electrons. The van der Waals surface area contributed by atoms with Crippen LogP contribution in [0.2, 0.25) is 0 Å². The molecule has 74 valence electrons. The number of furan rings is 1. The minimum Gasteiger partial charge on any atom is -0.454 e. The van der Waals surface area contributed by atoms with E-state index in [1.807, 2.05) is 30.3 Å². The third kappa shape index (κ3) is 1.00. The smallest absolute Gasteiger partial charge is 0.160 e. The van der Waals surface area contributed by atoms with Gasteiger partial charge in [0.05, 0.1) is 11.4 Å². The molecule has 1 heterocycles. The highest BCUT2D eigenvalue weighted by Gasteiger charge is 2.09. The van der Waals surface area contributed by atoms with Crippen LogP contribution in [0.25, 0.3) is 21.9 Å². The van der Waals surface area contributed by atoms with Crippen LogP contribution >= 0.6 is 0 Å². The number of anilines is 2. The van der Waals surface area contributed by atoms with Crippen LogP contribution in [0.15, 0.2) is 40.8 Å². The van der Waals surface area contributed by atoms with Gasteiger partial charge in [0.2, 0.25) is 0 Å². The Morgan fingerprint density at radius 2 is 1.67 bits per heavy atom. The molecule has 0 bridgehead atoms. The number of rotatable bonds is 0. The highest BCUT2D eigenvalue weighted by atomic mass is 16.3. The van der Waals surface area contributed by atoms with Crippen molar-refractivity contribution in [3.05, 3.63) is 36.4 Å². The second kappa shape index (κ2) is 2.67. The fraction of sp³-hybridized carbons (Fsp3) is 0. The molecular weight excluding hydrogens is 188 g/mol. The maximum absolute atomic E-state index is 5.86. The van der Waals surface area contributed by atoms with Crippen molar-refractivity contribution < 1.29 is 4.42 Å². The fourth-order valence-corrected chi connectivity index (χ4v) is 1.82. The maximum atomic E-state index is 5.86. The van der Waals surface area contributed by atoms with E-state index in [2.05, 4.69) is 0 Å². The van der Waals surface area contributed by atoms with Crippen molar-refractivity contribution in [1.82, 2.24) is 0 Å². The van der Waals surface area contributed by atoms with Gasteiger partial charge in [0.25, 0.3) is 0 Å². The van der Waals surface area contributed by atoms with E-state index in [1.165, 1.54) is 0 Å². The summed E-state index contributed by atoms with van der Waals surface area (Å²) in [6.07, 6.45) is 0. The lowest BCUT2D eigenvalue weighted by atomic mass is 10.1. The van der Waals surface area contributed by atoms with Gasteiger partial charge < -0.3 is 15.9 Å². The lowest BCUT2D eigenvalue weighted by Gasteiger charge is -1.98. The molecule has 3 nitrogen and oxygen atoms in total. The van der Waals surface area contributed by atoms with E-state index >= 15 is 0 Å². The van der Waals surface area contributed by atoms with Crippen molar-refractivity contribution in [3.8, 4) is 0 Å². The molecule has 15 heavy (non-hydrogen) atoms. The first-order chi connectivity index (χ1) is 7.27. The second-order valence-corrected chi connectivity index (χ2v) is 3.54. The topological polar surface area (TPSA) is 65.2 Å². The largest absolute Gasteiger partial charge is 0.454 e. The summed E-state index contributed by atoms with van der Waals surface area (Å²) in [5.74, 6) is 0. The summed E-state index contributed by atoms with van der Waals surface area (Å²) < 4.78 is 5.66. The van der Waals surface area contributed by atoms with Gasteiger partial charge in [0.15, 0.2) is 5.58 Å². The molecule has 3 heteroatoms. The average Bonchev–Trinajstić information content (AvgIpc) is 2.63. The molecule has 0 saturated carbocycles. The maximum Gasteiger partial charge on any atom is 0.160 e. The van der Waals surface area contributed by atoms with E-state index in [0.717, 1.165) is 16.4 Å². The van der Waals surface area contributed by atoms with Crippen molar-refractivity contribution in [1.29, 1.82) is 0 Å². The molecule has 0 aliphatic heterocycles. The Morgan fingerprint density at radius 1 is 0.867 bits per heavy atom. The Kier molecular flexibility index (Phi) is 1.45.